The lowest BCUT2D eigenvalue weighted by Gasteiger charge is -2.39. The van der Waals surface area contributed by atoms with Crippen LogP contribution in [0.1, 0.15) is 62.0 Å². The molecule has 22 heavy (non-hydrogen) atoms. The van der Waals surface area contributed by atoms with Crippen LogP contribution in [-0.2, 0) is 0 Å². The van der Waals surface area contributed by atoms with Crippen LogP contribution in [0.25, 0.3) is 0 Å². The first-order valence-electron chi connectivity index (χ1n) is 8.58. The van der Waals surface area contributed by atoms with Gasteiger partial charge < -0.3 is 0 Å². The quantitative estimate of drug-likeness (QED) is 0.639. The van der Waals surface area contributed by atoms with Crippen LogP contribution >= 0.6 is 0 Å². The molecule has 1 aromatic carbocycles. The lowest BCUT2D eigenvalue weighted by atomic mass is 9.68. The van der Waals surface area contributed by atoms with Gasteiger partial charge in [-0.15, -0.1) is 0 Å². The Morgan fingerprint density at radius 1 is 0.955 bits per heavy atom. The summed E-state index contributed by atoms with van der Waals surface area (Å²) >= 11 is 0. The fraction of sp³-hybridized carbons (Fsp3) is 0.684. The maximum absolute atomic E-state index is 14.7. The van der Waals surface area contributed by atoms with Gasteiger partial charge >= 0.3 is 0 Å². The van der Waals surface area contributed by atoms with E-state index in [4.69, 9.17) is 0 Å². The second kappa shape index (κ2) is 6.64. The first-order chi connectivity index (χ1) is 10.5. The Labute approximate surface area is 131 Å². The summed E-state index contributed by atoms with van der Waals surface area (Å²) in [5, 5.41) is 0. The van der Waals surface area contributed by atoms with Crippen molar-refractivity contribution in [2.24, 2.45) is 11.8 Å². The molecule has 0 heterocycles. The molecule has 0 aliphatic heterocycles. The number of aryl methyl sites for hydroxylation is 1. The van der Waals surface area contributed by atoms with Crippen molar-refractivity contribution in [2.45, 2.75) is 70.1 Å². The molecule has 0 spiro atoms. The van der Waals surface area contributed by atoms with Crippen LogP contribution in [0.2, 0.25) is 0 Å². The van der Waals surface area contributed by atoms with Crippen LogP contribution in [0, 0.1) is 24.6 Å². The molecule has 0 radical (unpaired) electrons. The highest BCUT2D eigenvalue weighted by Crippen LogP contribution is 2.45. The summed E-state index contributed by atoms with van der Waals surface area (Å²) in [5.41, 5.74) is 1.56. The largest absolute Gasteiger partial charge is 0.247 e. The van der Waals surface area contributed by atoms with Crippen molar-refractivity contribution in [3.8, 4) is 0 Å². The van der Waals surface area contributed by atoms with Gasteiger partial charge in [-0.3, -0.25) is 0 Å². The lowest BCUT2D eigenvalue weighted by Crippen LogP contribution is -2.33. The molecule has 3 unspecified atom stereocenters. The maximum atomic E-state index is 14.7. The van der Waals surface area contributed by atoms with E-state index in [0.29, 0.717) is 30.7 Å². The van der Waals surface area contributed by atoms with E-state index in [1.165, 1.54) is 6.07 Å². The molecular weight excluding hydrogens is 285 g/mol. The van der Waals surface area contributed by atoms with E-state index in [1.807, 2.05) is 19.1 Å². The molecule has 2 aliphatic rings. The average molecular weight is 310 g/mol. The van der Waals surface area contributed by atoms with E-state index >= 15 is 0 Å². The fourth-order valence-corrected chi connectivity index (χ4v) is 4.42. The third kappa shape index (κ3) is 3.33. The summed E-state index contributed by atoms with van der Waals surface area (Å²) in [4.78, 5) is 0. The number of alkyl halides is 2. The van der Waals surface area contributed by atoms with E-state index in [1.54, 1.807) is 0 Å². The standard InChI is InChI=1S/C19H25F3/c1-12-2-8-17(18(21)10-12)14-5-9-16(19(22)11-14)13-3-6-15(20)7-4-13/h2,8,10,13-16,19H,3-7,9,11H2,1H3. The molecule has 0 N–H and O–H groups in total. The molecule has 2 saturated carbocycles. The number of halogens is 3. The smallest absolute Gasteiger partial charge is 0.126 e. The second-order valence-corrected chi connectivity index (χ2v) is 7.23. The zero-order valence-corrected chi connectivity index (χ0v) is 13.2. The van der Waals surface area contributed by atoms with Gasteiger partial charge in [0.15, 0.2) is 0 Å². The number of rotatable bonds is 2. The zero-order valence-electron chi connectivity index (χ0n) is 13.2. The Hall–Kier alpha value is -0.990. The first-order valence-corrected chi connectivity index (χ1v) is 8.58. The van der Waals surface area contributed by atoms with Gasteiger partial charge in [-0.05, 0) is 86.8 Å². The highest BCUT2D eigenvalue weighted by atomic mass is 19.1. The van der Waals surface area contributed by atoms with Gasteiger partial charge in [0.1, 0.15) is 18.2 Å². The molecular formula is C19H25F3. The molecule has 3 atom stereocenters. The first kappa shape index (κ1) is 15.9. The van der Waals surface area contributed by atoms with E-state index in [0.717, 1.165) is 31.2 Å². The zero-order chi connectivity index (χ0) is 15.7. The lowest BCUT2D eigenvalue weighted by molar-refractivity contribution is 0.0665. The Morgan fingerprint density at radius 2 is 1.68 bits per heavy atom. The highest BCUT2D eigenvalue weighted by Gasteiger charge is 2.38. The third-order valence-corrected chi connectivity index (χ3v) is 5.73. The molecule has 2 aliphatic carbocycles. The van der Waals surface area contributed by atoms with Crippen LogP contribution in [0.15, 0.2) is 18.2 Å². The fourth-order valence-electron chi connectivity index (χ4n) is 4.42. The van der Waals surface area contributed by atoms with E-state index in [9.17, 15) is 13.2 Å². The van der Waals surface area contributed by atoms with Crippen LogP contribution in [0.3, 0.4) is 0 Å². The summed E-state index contributed by atoms with van der Waals surface area (Å²) < 4.78 is 42.0. The summed E-state index contributed by atoms with van der Waals surface area (Å²) in [7, 11) is 0. The van der Waals surface area contributed by atoms with Gasteiger partial charge in [0.25, 0.3) is 0 Å². The Kier molecular flexibility index (Phi) is 4.79. The molecule has 0 bridgehead atoms. The number of benzene rings is 1. The minimum atomic E-state index is -0.874. The van der Waals surface area contributed by atoms with Crippen molar-refractivity contribution in [1.82, 2.24) is 0 Å². The number of hydrogen-bond donors (Lipinski definition) is 0. The second-order valence-electron chi connectivity index (χ2n) is 7.23. The van der Waals surface area contributed by atoms with Crippen molar-refractivity contribution in [3.05, 3.63) is 35.1 Å². The SMILES string of the molecule is Cc1ccc(C2CCC(C3CCC(F)CC3)C(F)C2)c(F)c1. The molecule has 122 valence electrons. The van der Waals surface area contributed by atoms with Gasteiger partial charge in [0, 0.05) is 0 Å². The van der Waals surface area contributed by atoms with Crippen molar-refractivity contribution in [2.75, 3.05) is 0 Å². The normalized spacial score (nSPS) is 36.3. The van der Waals surface area contributed by atoms with Crippen molar-refractivity contribution < 1.29 is 13.2 Å². The van der Waals surface area contributed by atoms with Gasteiger partial charge in [0.05, 0.1) is 0 Å². The molecule has 3 rings (SSSR count). The van der Waals surface area contributed by atoms with Crippen molar-refractivity contribution in [1.29, 1.82) is 0 Å². The van der Waals surface area contributed by atoms with Crippen LogP contribution in [0.5, 0.6) is 0 Å². The van der Waals surface area contributed by atoms with Gasteiger partial charge in [-0.2, -0.15) is 0 Å². The minimum Gasteiger partial charge on any atom is -0.247 e. The van der Waals surface area contributed by atoms with Crippen molar-refractivity contribution >= 4 is 0 Å². The van der Waals surface area contributed by atoms with E-state index in [-0.39, 0.29) is 17.7 Å². The van der Waals surface area contributed by atoms with E-state index < -0.39 is 12.3 Å². The molecule has 1 aromatic rings. The topological polar surface area (TPSA) is 0 Å². The van der Waals surface area contributed by atoms with Crippen LogP contribution < -0.4 is 0 Å². The Bertz CT molecular complexity index is 505. The number of hydrogen-bond acceptors (Lipinski definition) is 0. The van der Waals surface area contributed by atoms with Gasteiger partial charge in [0.2, 0.25) is 0 Å². The maximum Gasteiger partial charge on any atom is 0.126 e. The van der Waals surface area contributed by atoms with E-state index in [2.05, 4.69) is 0 Å². The molecule has 3 heteroatoms. The van der Waals surface area contributed by atoms with Gasteiger partial charge in [-0.1, -0.05) is 12.1 Å². The molecule has 0 saturated heterocycles. The van der Waals surface area contributed by atoms with Gasteiger partial charge in [-0.25, -0.2) is 13.2 Å². The highest BCUT2D eigenvalue weighted by molar-refractivity contribution is 5.27. The summed E-state index contributed by atoms with van der Waals surface area (Å²) in [6.45, 7) is 1.86. The molecule has 0 amide bonds. The minimum absolute atomic E-state index is 0.00985. The Morgan fingerprint density at radius 3 is 2.32 bits per heavy atom. The van der Waals surface area contributed by atoms with Crippen LogP contribution in [0.4, 0.5) is 13.2 Å². The van der Waals surface area contributed by atoms with Crippen molar-refractivity contribution in [3.63, 3.8) is 0 Å². The average Bonchev–Trinajstić information content (AvgIpc) is 2.48. The third-order valence-electron chi connectivity index (χ3n) is 5.73. The molecule has 2 fully saturated rings. The predicted octanol–water partition coefficient (Wildman–Crippen LogP) is 5.88. The monoisotopic (exact) mass is 310 g/mol. The van der Waals surface area contributed by atoms with Crippen LogP contribution in [-0.4, -0.2) is 12.3 Å². The summed E-state index contributed by atoms with van der Waals surface area (Å²) in [5.74, 6) is 0.168. The predicted molar refractivity (Wildman–Crippen MR) is 83.0 cm³/mol. The molecule has 0 aromatic heterocycles. The Balaban J connectivity index is 1.64. The summed E-state index contributed by atoms with van der Waals surface area (Å²) in [6, 6.07) is 5.26. The summed E-state index contributed by atoms with van der Waals surface area (Å²) in [6.07, 6.45) is 3.31. The molecule has 0 nitrogen and oxygen atoms in total.